The fourth-order valence-electron chi connectivity index (χ4n) is 3.22. The van der Waals surface area contributed by atoms with Crippen molar-refractivity contribution in [3.63, 3.8) is 0 Å². The quantitative estimate of drug-likeness (QED) is 0.433. The van der Waals surface area contributed by atoms with Gasteiger partial charge in [-0.25, -0.2) is 4.79 Å². The van der Waals surface area contributed by atoms with Gasteiger partial charge in [0.15, 0.2) is 0 Å². The molecule has 0 aromatic heterocycles. The molecule has 0 heterocycles. The molecule has 0 bridgehead atoms. The molecule has 0 fully saturated rings. The average molecular weight is 457 g/mol. The Hall–Kier alpha value is -3.81. The normalized spacial score (nSPS) is 11.3. The second-order valence-electron chi connectivity index (χ2n) is 7.70. The van der Waals surface area contributed by atoms with Crippen LogP contribution in [0.4, 0.5) is 18.9 Å². The Balaban J connectivity index is 1.88. The maximum atomic E-state index is 13.3. The number of nitrogens with one attached hydrogen (secondary N) is 1. The fraction of sp³-hybridized carbons (Fsp3) is 0.200. The van der Waals surface area contributed by atoms with E-state index in [1.165, 1.54) is 24.3 Å². The van der Waals surface area contributed by atoms with Gasteiger partial charge >= 0.3 is 12.1 Å². The molecule has 172 valence electrons. The molecule has 0 aliphatic heterocycles. The zero-order chi connectivity index (χ0) is 24.2. The molecule has 0 saturated carbocycles. The minimum absolute atomic E-state index is 0.0732. The van der Waals surface area contributed by atoms with Crippen molar-refractivity contribution in [2.24, 2.45) is 0 Å². The second kappa shape index (κ2) is 9.77. The standard InChI is InChI=1S/C25H22F3NO4/c1-15(2)19-5-3-4-6-20(19)23(30)29-21-12-11-18(25(26,27)28)13-22(21)33-14-16-7-9-17(10-8-16)24(31)32/h3-13,15H,14H2,1-2H3,(H,29,30)(H,31,32). The van der Waals surface area contributed by atoms with Gasteiger partial charge in [0.2, 0.25) is 0 Å². The lowest BCUT2D eigenvalue weighted by molar-refractivity contribution is -0.137. The number of halogens is 3. The van der Waals surface area contributed by atoms with E-state index in [1.54, 1.807) is 12.1 Å². The van der Waals surface area contributed by atoms with Crippen LogP contribution in [0, 0.1) is 0 Å². The van der Waals surface area contributed by atoms with E-state index < -0.39 is 23.6 Å². The van der Waals surface area contributed by atoms with Crippen LogP contribution in [0.25, 0.3) is 0 Å². The molecule has 2 N–H and O–H groups in total. The SMILES string of the molecule is CC(C)c1ccccc1C(=O)Nc1ccc(C(F)(F)F)cc1OCc1ccc(C(=O)O)cc1. The Labute approximate surface area is 188 Å². The third kappa shape index (κ3) is 5.91. The highest BCUT2D eigenvalue weighted by Gasteiger charge is 2.31. The number of hydrogen-bond acceptors (Lipinski definition) is 3. The molecular formula is C25H22F3NO4. The summed E-state index contributed by atoms with van der Waals surface area (Å²) in [5.74, 6) is -1.63. The molecule has 3 aromatic rings. The van der Waals surface area contributed by atoms with Crippen LogP contribution in [0.2, 0.25) is 0 Å². The van der Waals surface area contributed by atoms with Gasteiger partial charge in [0.25, 0.3) is 5.91 Å². The van der Waals surface area contributed by atoms with Crippen LogP contribution in [0.15, 0.2) is 66.7 Å². The summed E-state index contributed by atoms with van der Waals surface area (Å²) in [6, 6.07) is 15.6. The molecule has 0 radical (unpaired) electrons. The smallest absolute Gasteiger partial charge is 0.416 e. The Kier molecular flexibility index (Phi) is 7.06. The highest BCUT2D eigenvalue weighted by molar-refractivity contribution is 6.06. The molecule has 8 heteroatoms. The number of hydrogen-bond donors (Lipinski definition) is 2. The molecule has 0 spiro atoms. The van der Waals surface area contributed by atoms with Gasteiger partial charge in [-0.2, -0.15) is 13.2 Å². The van der Waals surface area contributed by atoms with Crippen molar-refractivity contribution in [2.45, 2.75) is 32.5 Å². The van der Waals surface area contributed by atoms with Crippen LogP contribution in [-0.4, -0.2) is 17.0 Å². The summed E-state index contributed by atoms with van der Waals surface area (Å²) in [5.41, 5.74) is 1.04. The number of rotatable bonds is 7. The zero-order valence-corrected chi connectivity index (χ0v) is 17.9. The number of anilines is 1. The van der Waals surface area contributed by atoms with Crippen LogP contribution in [0.5, 0.6) is 5.75 Å². The number of carbonyl (C=O) groups excluding carboxylic acids is 1. The summed E-state index contributed by atoms with van der Waals surface area (Å²) in [4.78, 5) is 23.9. The lowest BCUT2D eigenvalue weighted by Crippen LogP contribution is -2.16. The van der Waals surface area contributed by atoms with Gasteiger partial charge in [0, 0.05) is 5.56 Å². The van der Waals surface area contributed by atoms with Crippen LogP contribution in [0.3, 0.4) is 0 Å². The number of aromatic carboxylic acids is 1. The first-order valence-corrected chi connectivity index (χ1v) is 10.1. The summed E-state index contributed by atoms with van der Waals surface area (Å²) in [7, 11) is 0. The monoisotopic (exact) mass is 457 g/mol. The van der Waals surface area contributed by atoms with Crippen LogP contribution in [-0.2, 0) is 12.8 Å². The Morgan fingerprint density at radius 2 is 1.67 bits per heavy atom. The second-order valence-corrected chi connectivity index (χ2v) is 7.70. The largest absolute Gasteiger partial charge is 0.487 e. The molecule has 3 rings (SSSR count). The molecule has 0 aliphatic rings. The van der Waals surface area contributed by atoms with Crippen molar-refractivity contribution in [3.05, 3.63) is 94.5 Å². The number of ether oxygens (including phenoxy) is 1. The van der Waals surface area contributed by atoms with Crippen molar-refractivity contribution >= 4 is 17.6 Å². The summed E-state index contributed by atoms with van der Waals surface area (Å²) in [6.45, 7) is 3.76. The molecule has 0 unspecified atom stereocenters. The van der Waals surface area contributed by atoms with Crippen LogP contribution in [0.1, 0.15) is 57.2 Å². The van der Waals surface area contributed by atoms with E-state index in [4.69, 9.17) is 9.84 Å². The van der Waals surface area contributed by atoms with Crippen molar-refractivity contribution in [2.75, 3.05) is 5.32 Å². The minimum atomic E-state index is -4.59. The number of carboxylic acid groups (broad SMARTS) is 1. The first-order chi connectivity index (χ1) is 15.6. The van der Waals surface area contributed by atoms with Gasteiger partial charge in [0.1, 0.15) is 12.4 Å². The van der Waals surface area contributed by atoms with Gasteiger partial charge in [0.05, 0.1) is 16.8 Å². The van der Waals surface area contributed by atoms with E-state index >= 15 is 0 Å². The maximum absolute atomic E-state index is 13.3. The molecule has 1 amide bonds. The van der Waals surface area contributed by atoms with E-state index in [1.807, 2.05) is 26.0 Å². The number of benzene rings is 3. The van der Waals surface area contributed by atoms with Gasteiger partial charge in [-0.1, -0.05) is 44.2 Å². The van der Waals surface area contributed by atoms with E-state index in [-0.39, 0.29) is 29.5 Å². The number of alkyl halides is 3. The first kappa shape index (κ1) is 23.8. The Morgan fingerprint density at radius 1 is 1.00 bits per heavy atom. The molecule has 3 aromatic carbocycles. The van der Waals surface area contributed by atoms with E-state index in [0.29, 0.717) is 11.1 Å². The van der Waals surface area contributed by atoms with Crippen molar-refractivity contribution in [1.82, 2.24) is 0 Å². The van der Waals surface area contributed by atoms with Crippen molar-refractivity contribution < 1.29 is 32.6 Å². The molecule has 0 saturated heterocycles. The molecule has 33 heavy (non-hydrogen) atoms. The van der Waals surface area contributed by atoms with Crippen molar-refractivity contribution in [1.29, 1.82) is 0 Å². The summed E-state index contributed by atoms with van der Waals surface area (Å²) >= 11 is 0. The highest BCUT2D eigenvalue weighted by atomic mass is 19.4. The van der Waals surface area contributed by atoms with Gasteiger partial charge in [-0.05, 0) is 53.4 Å². The number of amides is 1. The predicted octanol–water partition coefficient (Wildman–Crippen LogP) is 6.36. The van der Waals surface area contributed by atoms with Gasteiger partial charge in [-0.15, -0.1) is 0 Å². The molecule has 0 atom stereocenters. The molecule has 5 nitrogen and oxygen atoms in total. The average Bonchev–Trinajstić information content (AvgIpc) is 2.77. The summed E-state index contributed by atoms with van der Waals surface area (Å²) in [6.07, 6.45) is -4.59. The summed E-state index contributed by atoms with van der Waals surface area (Å²) in [5, 5.41) is 11.6. The van der Waals surface area contributed by atoms with Crippen molar-refractivity contribution in [3.8, 4) is 5.75 Å². The van der Waals surface area contributed by atoms with Gasteiger partial charge < -0.3 is 15.2 Å². The molecule has 0 aliphatic carbocycles. The Morgan fingerprint density at radius 3 is 2.27 bits per heavy atom. The number of carboxylic acids is 1. The van der Waals surface area contributed by atoms with Crippen LogP contribution >= 0.6 is 0 Å². The lowest BCUT2D eigenvalue weighted by Gasteiger charge is -2.17. The molecular weight excluding hydrogens is 435 g/mol. The lowest BCUT2D eigenvalue weighted by atomic mass is 9.97. The van der Waals surface area contributed by atoms with Crippen LogP contribution < -0.4 is 10.1 Å². The highest BCUT2D eigenvalue weighted by Crippen LogP contribution is 2.36. The van der Waals surface area contributed by atoms with E-state index in [0.717, 1.165) is 23.8 Å². The van der Waals surface area contributed by atoms with E-state index in [9.17, 15) is 22.8 Å². The third-order valence-corrected chi connectivity index (χ3v) is 4.98. The number of carbonyl (C=O) groups is 2. The minimum Gasteiger partial charge on any atom is -0.487 e. The summed E-state index contributed by atoms with van der Waals surface area (Å²) < 4.78 is 45.4. The Bertz CT molecular complexity index is 1160. The fourth-order valence-corrected chi connectivity index (χ4v) is 3.22. The van der Waals surface area contributed by atoms with E-state index in [2.05, 4.69) is 5.32 Å². The predicted molar refractivity (Wildman–Crippen MR) is 118 cm³/mol. The maximum Gasteiger partial charge on any atom is 0.416 e. The first-order valence-electron chi connectivity index (χ1n) is 10.1. The van der Waals surface area contributed by atoms with Gasteiger partial charge in [-0.3, -0.25) is 4.79 Å². The third-order valence-electron chi connectivity index (χ3n) is 4.98. The zero-order valence-electron chi connectivity index (χ0n) is 17.9. The topological polar surface area (TPSA) is 75.6 Å².